The summed E-state index contributed by atoms with van der Waals surface area (Å²) in [6.07, 6.45) is 0.977. The zero-order valence-electron chi connectivity index (χ0n) is 15.7. The molecule has 2 rings (SSSR count). The molecule has 2 atom stereocenters. The van der Waals surface area contributed by atoms with Crippen molar-refractivity contribution in [1.29, 1.82) is 0 Å². The third-order valence-corrected chi connectivity index (χ3v) is 4.86. The van der Waals surface area contributed by atoms with Gasteiger partial charge in [0.2, 0.25) is 5.91 Å². The molecule has 1 amide bonds. The maximum Gasteiger partial charge on any atom is 0.217 e. The van der Waals surface area contributed by atoms with Gasteiger partial charge in [0.1, 0.15) is 0 Å². The molecule has 1 N–H and O–H groups in total. The maximum atomic E-state index is 11.8. The Morgan fingerprint density at radius 1 is 1.29 bits per heavy atom. The van der Waals surface area contributed by atoms with Crippen LogP contribution < -0.4 is 14.8 Å². The van der Waals surface area contributed by atoms with Gasteiger partial charge in [-0.3, -0.25) is 9.69 Å². The zero-order chi connectivity index (χ0) is 17.9. The summed E-state index contributed by atoms with van der Waals surface area (Å²) in [6.45, 7) is 9.99. The number of nitrogens with zero attached hydrogens (tertiary/aromatic N) is 1. The molecule has 0 aromatic heterocycles. The Bertz CT molecular complexity index is 586. The molecule has 1 aromatic carbocycles. The molecule has 0 aliphatic carbocycles. The van der Waals surface area contributed by atoms with Crippen LogP contribution >= 0.6 is 0 Å². The average Bonchev–Trinajstić information content (AvgIpc) is 2.57. The molecule has 0 saturated carbocycles. The van der Waals surface area contributed by atoms with Gasteiger partial charge in [-0.15, -0.1) is 0 Å². The van der Waals surface area contributed by atoms with Crippen molar-refractivity contribution in [1.82, 2.24) is 10.2 Å². The molecule has 5 heteroatoms. The van der Waals surface area contributed by atoms with Gasteiger partial charge in [-0.05, 0) is 42.1 Å². The number of ether oxygens (including phenoxy) is 2. The summed E-state index contributed by atoms with van der Waals surface area (Å²) >= 11 is 0. The molecule has 0 bridgehead atoms. The topological polar surface area (TPSA) is 50.8 Å². The first-order chi connectivity index (χ1) is 11.4. The van der Waals surface area contributed by atoms with E-state index in [0.29, 0.717) is 5.92 Å². The lowest BCUT2D eigenvalue weighted by Gasteiger charge is -2.43. The van der Waals surface area contributed by atoms with Crippen molar-refractivity contribution < 1.29 is 14.3 Å². The molecular formula is C19H30N2O3. The van der Waals surface area contributed by atoms with Gasteiger partial charge < -0.3 is 14.8 Å². The molecule has 0 unspecified atom stereocenters. The van der Waals surface area contributed by atoms with Crippen LogP contribution in [0.5, 0.6) is 11.5 Å². The molecule has 0 fully saturated rings. The first kappa shape index (κ1) is 18.6. The second kappa shape index (κ2) is 7.88. The normalized spacial score (nSPS) is 18.9. The number of hydrogen-bond acceptors (Lipinski definition) is 4. The maximum absolute atomic E-state index is 11.8. The molecule has 24 heavy (non-hydrogen) atoms. The molecule has 0 spiro atoms. The molecule has 1 aromatic rings. The van der Waals surface area contributed by atoms with Gasteiger partial charge in [0, 0.05) is 13.5 Å². The standard InChI is InChI=1S/C19H30N2O3/c1-7-21-9-8-14-10-16(23-5)17(24-6)11-15(14)19(21)18(12(2)3)20-13(4)22/h10-12,18-19H,7-9H2,1-6H3,(H,20,22)/t18-,19+/m1/s1. The zero-order valence-corrected chi connectivity index (χ0v) is 15.7. The van der Waals surface area contributed by atoms with E-state index in [1.807, 2.05) is 0 Å². The molecule has 1 aliphatic heterocycles. The van der Waals surface area contributed by atoms with Crippen molar-refractivity contribution in [3.63, 3.8) is 0 Å². The summed E-state index contributed by atoms with van der Waals surface area (Å²) in [4.78, 5) is 14.2. The van der Waals surface area contributed by atoms with Gasteiger partial charge in [0.05, 0.1) is 26.3 Å². The number of nitrogens with one attached hydrogen (secondary N) is 1. The number of rotatable bonds is 6. The third kappa shape index (κ3) is 3.66. The van der Waals surface area contributed by atoms with E-state index in [1.54, 1.807) is 21.1 Å². The Morgan fingerprint density at radius 3 is 2.42 bits per heavy atom. The predicted octanol–water partition coefficient (Wildman–Crippen LogP) is 2.78. The van der Waals surface area contributed by atoms with Crippen molar-refractivity contribution in [2.75, 3.05) is 27.3 Å². The lowest BCUT2D eigenvalue weighted by molar-refractivity contribution is -0.120. The first-order valence-corrected chi connectivity index (χ1v) is 8.68. The summed E-state index contributed by atoms with van der Waals surface area (Å²) in [5.41, 5.74) is 2.51. The Morgan fingerprint density at radius 2 is 1.92 bits per heavy atom. The number of carbonyl (C=O) groups is 1. The fourth-order valence-corrected chi connectivity index (χ4v) is 3.65. The lowest BCUT2D eigenvalue weighted by Crippen LogP contribution is -2.50. The number of benzene rings is 1. The van der Waals surface area contributed by atoms with E-state index >= 15 is 0 Å². The Labute approximate surface area is 145 Å². The number of carbonyl (C=O) groups excluding carboxylic acids is 1. The van der Waals surface area contributed by atoms with E-state index in [4.69, 9.17) is 9.47 Å². The monoisotopic (exact) mass is 334 g/mol. The highest BCUT2D eigenvalue weighted by Crippen LogP contribution is 2.40. The lowest BCUT2D eigenvalue weighted by atomic mass is 9.83. The highest BCUT2D eigenvalue weighted by Gasteiger charge is 2.36. The molecule has 0 saturated heterocycles. The summed E-state index contributed by atoms with van der Waals surface area (Å²) in [6, 6.07) is 4.36. The molecule has 134 valence electrons. The van der Waals surface area contributed by atoms with Gasteiger partial charge in [0.25, 0.3) is 0 Å². The molecule has 1 heterocycles. The first-order valence-electron chi connectivity index (χ1n) is 8.68. The third-order valence-electron chi connectivity index (χ3n) is 4.86. The van der Waals surface area contributed by atoms with Crippen LogP contribution in [0.15, 0.2) is 12.1 Å². The van der Waals surface area contributed by atoms with E-state index in [9.17, 15) is 4.79 Å². The van der Waals surface area contributed by atoms with Gasteiger partial charge in [-0.25, -0.2) is 0 Å². The van der Waals surface area contributed by atoms with Crippen LogP contribution in [0.3, 0.4) is 0 Å². The van der Waals surface area contributed by atoms with E-state index in [1.165, 1.54) is 11.1 Å². The summed E-state index contributed by atoms with van der Waals surface area (Å²) in [5.74, 6) is 1.84. The minimum Gasteiger partial charge on any atom is -0.493 e. The van der Waals surface area contributed by atoms with Crippen LogP contribution in [0.25, 0.3) is 0 Å². The number of hydrogen-bond donors (Lipinski definition) is 1. The second-order valence-electron chi connectivity index (χ2n) is 6.70. The van der Waals surface area contributed by atoms with E-state index in [2.05, 4.69) is 43.1 Å². The molecule has 5 nitrogen and oxygen atoms in total. The predicted molar refractivity (Wildman–Crippen MR) is 95.7 cm³/mol. The van der Waals surface area contributed by atoms with Crippen LogP contribution in [-0.4, -0.2) is 44.2 Å². The van der Waals surface area contributed by atoms with E-state index in [-0.39, 0.29) is 18.0 Å². The van der Waals surface area contributed by atoms with Gasteiger partial charge in [-0.2, -0.15) is 0 Å². The Hall–Kier alpha value is -1.75. The Kier molecular flexibility index (Phi) is 6.10. The molecule has 1 aliphatic rings. The molecule has 0 radical (unpaired) electrons. The number of methoxy groups -OCH3 is 2. The number of amides is 1. The summed E-state index contributed by atoms with van der Waals surface area (Å²) in [7, 11) is 3.32. The number of likely N-dealkylation sites (N-methyl/N-ethyl adjacent to an activating group) is 1. The minimum absolute atomic E-state index is 0.0114. The van der Waals surface area contributed by atoms with Crippen molar-refractivity contribution in [2.45, 2.75) is 46.2 Å². The van der Waals surface area contributed by atoms with Gasteiger partial charge in [0.15, 0.2) is 11.5 Å². The fourth-order valence-electron chi connectivity index (χ4n) is 3.65. The summed E-state index contributed by atoms with van der Waals surface area (Å²) in [5, 5.41) is 3.17. The largest absolute Gasteiger partial charge is 0.493 e. The smallest absolute Gasteiger partial charge is 0.217 e. The van der Waals surface area contributed by atoms with Crippen LogP contribution in [0, 0.1) is 5.92 Å². The van der Waals surface area contributed by atoms with Crippen LogP contribution in [0.4, 0.5) is 0 Å². The van der Waals surface area contributed by atoms with Crippen LogP contribution in [0.1, 0.15) is 44.9 Å². The van der Waals surface area contributed by atoms with Crippen LogP contribution in [-0.2, 0) is 11.2 Å². The quantitative estimate of drug-likeness (QED) is 0.869. The SMILES string of the molecule is CCN1CCc2cc(OC)c(OC)cc2[C@H]1[C@H](NC(C)=O)C(C)C. The van der Waals surface area contributed by atoms with E-state index in [0.717, 1.165) is 31.0 Å². The van der Waals surface area contributed by atoms with Crippen molar-refractivity contribution in [2.24, 2.45) is 5.92 Å². The van der Waals surface area contributed by atoms with E-state index < -0.39 is 0 Å². The highest BCUT2D eigenvalue weighted by atomic mass is 16.5. The summed E-state index contributed by atoms with van der Waals surface area (Å²) < 4.78 is 11.0. The van der Waals surface area contributed by atoms with Gasteiger partial charge in [-0.1, -0.05) is 20.8 Å². The minimum atomic E-state index is 0.0114. The van der Waals surface area contributed by atoms with Crippen molar-refractivity contribution in [3.8, 4) is 11.5 Å². The fraction of sp³-hybridized carbons (Fsp3) is 0.632. The van der Waals surface area contributed by atoms with Crippen molar-refractivity contribution in [3.05, 3.63) is 23.3 Å². The van der Waals surface area contributed by atoms with Crippen molar-refractivity contribution >= 4 is 5.91 Å². The average molecular weight is 334 g/mol. The number of fused-ring (bicyclic) bond motifs is 1. The van der Waals surface area contributed by atoms with Gasteiger partial charge >= 0.3 is 0 Å². The second-order valence-corrected chi connectivity index (χ2v) is 6.70. The van der Waals surface area contributed by atoms with Crippen LogP contribution in [0.2, 0.25) is 0 Å². The highest BCUT2D eigenvalue weighted by molar-refractivity contribution is 5.73. The molecular weight excluding hydrogens is 304 g/mol. The Balaban J connectivity index is 2.54.